The van der Waals surface area contributed by atoms with Crippen LogP contribution in [0.4, 0.5) is 10.5 Å². The first kappa shape index (κ1) is 11.7. The van der Waals surface area contributed by atoms with Crippen LogP contribution in [-0.2, 0) is 0 Å². The number of benzene rings is 1. The lowest BCUT2D eigenvalue weighted by Gasteiger charge is -2.24. The van der Waals surface area contributed by atoms with Gasteiger partial charge in [-0.05, 0) is 18.2 Å². The fourth-order valence-corrected chi connectivity index (χ4v) is 1.92. The van der Waals surface area contributed by atoms with Gasteiger partial charge in [-0.25, -0.2) is 15.2 Å². The molecule has 2 amide bonds. The molecular formula is C9H6Cl3N3O. The van der Waals surface area contributed by atoms with Gasteiger partial charge in [-0.3, -0.25) is 0 Å². The van der Waals surface area contributed by atoms with Crippen molar-refractivity contribution >= 4 is 51.7 Å². The van der Waals surface area contributed by atoms with Crippen LogP contribution < -0.4 is 10.4 Å². The molecule has 0 saturated heterocycles. The summed E-state index contributed by atoms with van der Waals surface area (Å²) in [7, 11) is 0. The maximum Gasteiger partial charge on any atom is 0.363 e. The third-order valence-corrected chi connectivity index (χ3v) is 2.55. The number of amides is 2. The summed E-state index contributed by atoms with van der Waals surface area (Å²) in [6.45, 7) is 0.289. The highest BCUT2D eigenvalue weighted by molar-refractivity contribution is 6.67. The van der Waals surface area contributed by atoms with Gasteiger partial charge in [0.25, 0.3) is 0 Å². The number of urea groups is 1. The Kier molecular flexibility index (Phi) is 3.35. The number of halogens is 3. The molecule has 84 valence electrons. The highest BCUT2D eigenvalue weighted by Gasteiger charge is 2.21. The highest BCUT2D eigenvalue weighted by atomic mass is 35.5. The van der Waals surface area contributed by atoms with E-state index in [0.29, 0.717) is 15.7 Å². The van der Waals surface area contributed by atoms with Gasteiger partial charge in [-0.2, -0.15) is 4.99 Å². The van der Waals surface area contributed by atoms with Crippen LogP contribution in [0.2, 0.25) is 10.0 Å². The maximum absolute atomic E-state index is 11.5. The smallest absolute Gasteiger partial charge is 0.244 e. The third-order valence-electron chi connectivity index (χ3n) is 1.90. The van der Waals surface area contributed by atoms with Gasteiger partial charge in [0.05, 0.1) is 12.2 Å². The molecular weight excluding hydrogens is 272 g/mol. The Morgan fingerprint density at radius 3 is 2.38 bits per heavy atom. The maximum atomic E-state index is 11.5. The van der Waals surface area contributed by atoms with Crippen molar-refractivity contribution < 1.29 is 4.79 Å². The number of nitrogens with zero attached hydrogens (tertiary/aromatic N) is 2. The molecule has 0 unspecified atom stereocenters. The van der Waals surface area contributed by atoms with Crippen LogP contribution in [0.25, 0.3) is 0 Å². The zero-order valence-corrected chi connectivity index (χ0v) is 10.1. The molecule has 0 aromatic heterocycles. The van der Waals surface area contributed by atoms with Crippen molar-refractivity contribution in [3.63, 3.8) is 0 Å². The molecule has 1 aromatic rings. The number of hydrazine groups is 1. The molecule has 1 aliphatic heterocycles. The largest absolute Gasteiger partial charge is 0.363 e. The van der Waals surface area contributed by atoms with Gasteiger partial charge >= 0.3 is 6.03 Å². The molecule has 2 rings (SSSR count). The van der Waals surface area contributed by atoms with E-state index < -0.39 is 6.03 Å². The Bertz CT molecular complexity index is 455. The van der Waals surface area contributed by atoms with Gasteiger partial charge in [-0.15, -0.1) is 0 Å². The SMILES string of the molecule is O=C1N=C(Cl)CNN1c1cc(Cl)cc(Cl)c1. The lowest BCUT2D eigenvalue weighted by molar-refractivity contribution is 0.251. The summed E-state index contributed by atoms with van der Waals surface area (Å²) in [6, 6.07) is 4.28. The second kappa shape index (κ2) is 4.59. The van der Waals surface area contributed by atoms with E-state index in [1.54, 1.807) is 18.2 Å². The average molecular weight is 279 g/mol. The number of rotatable bonds is 1. The molecule has 4 nitrogen and oxygen atoms in total. The van der Waals surface area contributed by atoms with E-state index in [1.807, 2.05) is 0 Å². The van der Waals surface area contributed by atoms with Gasteiger partial charge < -0.3 is 0 Å². The van der Waals surface area contributed by atoms with Crippen molar-refractivity contribution in [2.24, 2.45) is 4.99 Å². The average Bonchev–Trinajstić information content (AvgIpc) is 2.15. The van der Waals surface area contributed by atoms with E-state index in [2.05, 4.69) is 10.4 Å². The summed E-state index contributed by atoms with van der Waals surface area (Å²) in [4.78, 5) is 15.2. The number of carbonyl (C=O) groups excluding carboxylic acids is 1. The predicted octanol–water partition coefficient (Wildman–Crippen LogP) is 3.08. The monoisotopic (exact) mass is 277 g/mol. The molecule has 1 aliphatic rings. The van der Waals surface area contributed by atoms with Crippen molar-refractivity contribution in [1.29, 1.82) is 0 Å². The van der Waals surface area contributed by atoms with Gasteiger partial charge in [0, 0.05) is 10.0 Å². The summed E-state index contributed by atoms with van der Waals surface area (Å²) < 4.78 is 0. The van der Waals surface area contributed by atoms with Crippen molar-refractivity contribution in [3.8, 4) is 0 Å². The molecule has 0 atom stereocenters. The molecule has 0 aliphatic carbocycles. The first-order valence-corrected chi connectivity index (χ1v) is 5.46. The minimum absolute atomic E-state index is 0.217. The summed E-state index contributed by atoms with van der Waals surface area (Å²) in [5, 5.41) is 2.34. The van der Waals surface area contributed by atoms with Crippen LogP contribution in [0.3, 0.4) is 0 Å². The lowest BCUT2D eigenvalue weighted by atomic mass is 10.3. The van der Waals surface area contributed by atoms with Crippen LogP contribution >= 0.6 is 34.8 Å². The molecule has 0 bridgehead atoms. The second-order valence-corrected chi connectivity index (χ2v) is 4.38. The van der Waals surface area contributed by atoms with Gasteiger partial charge in [0.2, 0.25) is 0 Å². The Hall–Kier alpha value is -0.810. The van der Waals surface area contributed by atoms with Crippen LogP contribution in [0.1, 0.15) is 0 Å². The molecule has 1 heterocycles. The molecule has 0 saturated carbocycles. The standard InChI is InChI=1S/C9H6Cl3N3O/c10-5-1-6(11)3-7(2-5)15-9(16)14-8(12)4-13-15/h1-3,13H,4H2. The summed E-state index contributed by atoms with van der Waals surface area (Å²) in [6.07, 6.45) is 0. The van der Waals surface area contributed by atoms with Crippen molar-refractivity contribution in [2.45, 2.75) is 0 Å². The quantitative estimate of drug-likeness (QED) is 0.858. The lowest BCUT2D eigenvalue weighted by Crippen LogP contribution is -2.47. The van der Waals surface area contributed by atoms with Crippen molar-refractivity contribution in [1.82, 2.24) is 5.43 Å². The number of carbonyl (C=O) groups is 1. The van der Waals surface area contributed by atoms with Gasteiger partial charge in [-0.1, -0.05) is 34.8 Å². The van der Waals surface area contributed by atoms with Crippen molar-refractivity contribution in [2.75, 3.05) is 11.6 Å². The Morgan fingerprint density at radius 1 is 1.19 bits per heavy atom. The fourth-order valence-electron chi connectivity index (χ4n) is 1.28. The molecule has 0 spiro atoms. The molecule has 1 aromatic carbocycles. The highest BCUT2D eigenvalue weighted by Crippen LogP contribution is 2.25. The number of hydrogen-bond acceptors (Lipinski definition) is 2. The summed E-state index contributed by atoms with van der Waals surface area (Å²) in [5.41, 5.74) is 3.32. The number of anilines is 1. The molecule has 7 heteroatoms. The minimum Gasteiger partial charge on any atom is -0.244 e. The summed E-state index contributed by atoms with van der Waals surface area (Å²) in [5.74, 6) is 0. The number of aliphatic imine (C=N–C) groups is 1. The minimum atomic E-state index is -0.505. The first-order chi connectivity index (χ1) is 7.56. The van der Waals surface area contributed by atoms with Gasteiger partial charge in [0.15, 0.2) is 0 Å². The first-order valence-electron chi connectivity index (χ1n) is 4.33. The number of hydrogen-bond donors (Lipinski definition) is 1. The van der Waals surface area contributed by atoms with E-state index in [-0.39, 0.29) is 11.7 Å². The van der Waals surface area contributed by atoms with E-state index in [9.17, 15) is 4.79 Å². The van der Waals surface area contributed by atoms with E-state index in [1.165, 1.54) is 5.01 Å². The van der Waals surface area contributed by atoms with Gasteiger partial charge in [0.1, 0.15) is 5.17 Å². The molecule has 0 fully saturated rings. The number of nitrogens with one attached hydrogen (secondary N) is 1. The Morgan fingerprint density at radius 2 is 1.81 bits per heavy atom. The van der Waals surface area contributed by atoms with E-state index >= 15 is 0 Å². The Labute approximate surface area is 107 Å². The van der Waals surface area contributed by atoms with Crippen LogP contribution in [0, 0.1) is 0 Å². The molecule has 16 heavy (non-hydrogen) atoms. The van der Waals surface area contributed by atoms with E-state index in [0.717, 1.165) is 0 Å². The van der Waals surface area contributed by atoms with Crippen molar-refractivity contribution in [3.05, 3.63) is 28.2 Å². The van der Waals surface area contributed by atoms with Crippen LogP contribution in [0.5, 0.6) is 0 Å². The fraction of sp³-hybridized carbons (Fsp3) is 0.111. The normalized spacial score (nSPS) is 16.3. The zero-order valence-electron chi connectivity index (χ0n) is 7.88. The predicted molar refractivity (Wildman–Crippen MR) is 65.6 cm³/mol. The molecule has 0 radical (unpaired) electrons. The van der Waals surface area contributed by atoms with E-state index in [4.69, 9.17) is 34.8 Å². The second-order valence-electron chi connectivity index (χ2n) is 3.07. The molecule has 1 N–H and O–H groups in total. The van der Waals surface area contributed by atoms with Crippen LogP contribution in [-0.4, -0.2) is 17.7 Å². The Balaban J connectivity index is 2.35. The zero-order chi connectivity index (χ0) is 11.7. The third kappa shape index (κ3) is 2.47. The van der Waals surface area contributed by atoms with Crippen LogP contribution in [0.15, 0.2) is 23.2 Å². The summed E-state index contributed by atoms with van der Waals surface area (Å²) >= 11 is 17.3. The topological polar surface area (TPSA) is 44.7 Å².